The van der Waals surface area contributed by atoms with Crippen LogP contribution in [0, 0.1) is 5.92 Å². The topological polar surface area (TPSA) is 66.9 Å². The van der Waals surface area contributed by atoms with Gasteiger partial charge in [-0.25, -0.2) is 9.97 Å². The monoisotopic (exact) mass is 214 g/mol. The maximum Gasteiger partial charge on any atom is 0.240 e. The van der Waals surface area contributed by atoms with Crippen LogP contribution in [0.15, 0.2) is 12.4 Å². The van der Waals surface area contributed by atoms with E-state index in [-0.39, 0.29) is 17.0 Å². The zero-order valence-electron chi connectivity index (χ0n) is 7.91. The molecule has 0 saturated heterocycles. The minimum atomic E-state index is -0.133. The first-order valence-corrected chi connectivity index (χ1v) is 4.51. The number of hydrazine groups is 1. The van der Waals surface area contributed by atoms with Gasteiger partial charge in [-0.1, -0.05) is 25.4 Å². The Hall–Kier alpha value is -1.36. The van der Waals surface area contributed by atoms with Gasteiger partial charge in [-0.2, -0.15) is 0 Å². The summed E-state index contributed by atoms with van der Waals surface area (Å²) in [4.78, 5) is 18.8. The lowest BCUT2D eigenvalue weighted by Crippen LogP contribution is -2.33. The van der Waals surface area contributed by atoms with E-state index in [0.717, 1.165) is 0 Å². The van der Waals surface area contributed by atoms with Gasteiger partial charge in [0, 0.05) is 18.3 Å². The molecule has 1 aromatic rings. The van der Waals surface area contributed by atoms with Crippen LogP contribution in [0.3, 0.4) is 0 Å². The fourth-order valence-corrected chi connectivity index (χ4v) is 0.822. The molecule has 76 valence electrons. The molecule has 0 radical (unpaired) electrons. The molecule has 6 heteroatoms. The van der Waals surface area contributed by atoms with Gasteiger partial charge in [0.05, 0.1) is 0 Å². The van der Waals surface area contributed by atoms with Crippen LogP contribution in [-0.2, 0) is 4.79 Å². The summed E-state index contributed by atoms with van der Waals surface area (Å²) in [7, 11) is 0. The predicted octanol–water partition coefficient (Wildman–Crippen LogP) is 1.23. The van der Waals surface area contributed by atoms with Crippen molar-refractivity contribution < 1.29 is 4.79 Å². The Kier molecular flexibility index (Phi) is 3.64. The van der Waals surface area contributed by atoms with Gasteiger partial charge in [0.15, 0.2) is 11.0 Å². The summed E-state index contributed by atoms with van der Waals surface area (Å²) >= 11 is 5.70. The van der Waals surface area contributed by atoms with Crippen molar-refractivity contribution in [3.8, 4) is 0 Å². The van der Waals surface area contributed by atoms with Crippen LogP contribution in [0.5, 0.6) is 0 Å². The fourth-order valence-electron chi connectivity index (χ4n) is 0.670. The van der Waals surface area contributed by atoms with Gasteiger partial charge in [0.25, 0.3) is 0 Å². The zero-order chi connectivity index (χ0) is 10.6. The maximum absolute atomic E-state index is 11.2. The van der Waals surface area contributed by atoms with Crippen molar-refractivity contribution in [1.82, 2.24) is 15.4 Å². The van der Waals surface area contributed by atoms with Crippen molar-refractivity contribution in [3.05, 3.63) is 17.5 Å². The minimum absolute atomic E-state index is 0.0991. The van der Waals surface area contributed by atoms with Gasteiger partial charge < -0.3 is 0 Å². The van der Waals surface area contributed by atoms with E-state index in [1.54, 1.807) is 13.8 Å². The second kappa shape index (κ2) is 4.76. The maximum atomic E-state index is 11.2. The number of rotatable bonds is 3. The first-order chi connectivity index (χ1) is 6.61. The SMILES string of the molecule is CC(C)C(=O)NNc1nccnc1Cl. The number of hydrogen-bond acceptors (Lipinski definition) is 4. The normalized spacial score (nSPS) is 10.0. The molecule has 1 heterocycles. The summed E-state index contributed by atoms with van der Waals surface area (Å²) in [6, 6.07) is 0. The Morgan fingerprint density at radius 3 is 2.64 bits per heavy atom. The van der Waals surface area contributed by atoms with Gasteiger partial charge in [-0.3, -0.25) is 15.6 Å². The third-order valence-electron chi connectivity index (χ3n) is 1.48. The highest BCUT2D eigenvalue weighted by Gasteiger charge is 2.07. The number of carbonyl (C=O) groups excluding carboxylic acids is 1. The summed E-state index contributed by atoms with van der Waals surface area (Å²) in [6.45, 7) is 3.57. The summed E-state index contributed by atoms with van der Waals surface area (Å²) in [6.07, 6.45) is 2.95. The molecule has 14 heavy (non-hydrogen) atoms. The van der Waals surface area contributed by atoms with Crippen LogP contribution >= 0.6 is 11.6 Å². The van der Waals surface area contributed by atoms with E-state index in [1.165, 1.54) is 12.4 Å². The molecule has 2 N–H and O–H groups in total. The van der Waals surface area contributed by atoms with Gasteiger partial charge >= 0.3 is 0 Å². The lowest BCUT2D eigenvalue weighted by atomic mass is 10.2. The number of nitrogens with zero attached hydrogens (tertiary/aromatic N) is 2. The van der Waals surface area contributed by atoms with E-state index < -0.39 is 0 Å². The van der Waals surface area contributed by atoms with Crippen LogP contribution in [0.25, 0.3) is 0 Å². The molecular weight excluding hydrogens is 204 g/mol. The average Bonchev–Trinajstić information content (AvgIpc) is 2.16. The lowest BCUT2D eigenvalue weighted by Gasteiger charge is -2.09. The smallest absolute Gasteiger partial charge is 0.240 e. The molecule has 0 spiro atoms. The van der Waals surface area contributed by atoms with Crippen LogP contribution in [0.1, 0.15) is 13.8 Å². The van der Waals surface area contributed by atoms with Crippen molar-refractivity contribution in [2.75, 3.05) is 5.43 Å². The second-order valence-electron chi connectivity index (χ2n) is 2.96. The van der Waals surface area contributed by atoms with Crippen LogP contribution in [0.4, 0.5) is 5.82 Å². The van der Waals surface area contributed by atoms with Crippen molar-refractivity contribution in [2.24, 2.45) is 5.92 Å². The predicted molar refractivity (Wildman–Crippen MR) is 53.6 cm³/mol. The third kappa shape index (κ3) is 2.85. The van der Waals surface area contributed by atoms with E-state index in [0.29, 0.717) is 5.82 Å². The number of hydrogen-bond donors (Lipinski definition) is 2. The summed E-state index contributed by atoms with van der Waals surface area (Å²) in [5, 5.41) is 0.219. The molecule has 0 saturated carbocycles. The number of amides is 1. The molecule has 1 amide bonds. The minimum Gasteiger partial charge on any atom is -0.279 e. The molecule has 0 fully saturated rings. The van der Waals surface area contributed by atoms with Crippen LogP contribution in [-0.4, -0.2) is 15.9 Å². The molecule has 0 atom stereocenters. The van der Waals surface area contributed by atoms with Crippen molar-refractivity contribution >= 4 is 23.3 Å². The van der Waals surface area contributed by atoms with Gasteiger partial charge in [-0.15, -0.1) is 0 Å². The molecule has 1 rings (SSSR count). The van der Waals surface area contributed by atoms with E-state index in [2.05, 4.69) is 20.8 Å². The van der Waals surface area contributed by atoms with E-state index >= 15 is 0 Å². The highest BCUT2D eigenvalue weighted by atomic mass is 35.5. The van der Waals surface area contributed by atoms with E-state index in [4.69, 9.17) is 11.6 Å². The number of aromatic nitrogens is 2. The summed E-state index contributed by atoms with van der Waals surface area (Å²) in [5.41, 5.74) is 5.05. The molecule has 5 nitrogen and oxygen atoms in total. The van der Waals surface area contributed by atoms with Gasteiger partial charge in [0.2, 0.25) is 5.91 Å². The Bertz CT molecular complexity index is 329. The van der Waals surface area contributed by atoms with Crippen molar-refractivity contribution in [1.29, 1.82) is 0 Å². The Morgan fingerprint density at radius 2 is 2.07 bits per heavy atom. The number of nitrogens with one attached hydrogen (secondary N) is 2. The van der Waals surface area contributed by atoms with Crippen LogP contribution in [0.2, 0.25) is 5.15 Å². The molecule has 0 aliphatic heterocycles. The van der Waals surface area contributed by atoms with Crippen LogP contribution < -0.4 is 10.9 Å². The molecule has 0 aliphatic rings. The lowest BCUT2D eigenvalue weighted by molar-refractivity contribution is -0.123. The largest absolute Gasteiger partial charge is 0.279 e. The molecular formula is C8H11ClN4O. The molecule has 0 aromatic carbocycles. The molecule has 0 bridgehead atoms. The Balaban J connectivity index is 2.54. The fraction of sp³-hybridized carbons (Fsp3) is 0.375. The quantitative estimate of drug-likeness (QED) is 0.743. The first-order valence-electron chi connectivity index (χ1n) is 4.13. The summed E-state index contributed by atoms with van der Waals surface area (Å²) in [5.74, 6) is 0.104. The highest BCUT2D eigenvalue weighted by Crippen LogP contribution is 2.12. The Labute approximate surface area is 86.9 Å². The number of carbonyl (C=O) groups is 1. The third-order valence-corrected chi connectivity index (χ3v) is 1.76. The Morgan fingerprint density at radius 1 is 1.43 bits per heavy atom. The molecule has 1 aromatic heterocycles. The van der Waals surface area contributed by atoms with Crippen molar-refractivity contribution in [2.45, 2.75) is 13.8 Å². The molecule has 0 aliphatic carbocycles. The van der Waals surface area contributed by atoms with Gasteiger partial charge in [-0.05, 0) is 0 Å². The van der Waals surface area contributed by atoms with Crippen molar-refractivity contribution in [3.63, 3.8) is 0 Å². The molecule has 0 unspecified atom stereocenters. The highest BCUT2D eigenvalue weighted by molar-refractivity contribution is 6.31. The number of halogens is 1. The standard InChI is InChI=1S/C8H11ClN4O/c1-5(2)8(14)13-12-7-6(9)10-3-4-11-7/h3-5H,1-2H3,(H,11,12)(H,13,14). The average molecular weight is 215 g/mol. The first kappa shape index (κ1) is 10.7. The zero-order valence-corrected chi connectivity index (χ0v) is 8.67. The number of anilines is 1. The van der Waals surface area contributed by atoms with Gasteiger partial charge in [0.1, 0.15) is 0 Å². The van der Waals surface area contributed by atoms with E-state index in [1.807, 2.05) is 0 Å². The summed E-state index contributed by atoms with van der Waals surface area (Å²) < 4.78 is 0. The van der Waals surface area contributed by atoms with E-state index in [9.17, 15) is 4.79 Å². The second-order valence-corrected chi connectivity index (χ2v) is 3.32.